The van der Waals surface area contributed by atoms with Crippen molar-refractivity contribution in [1.29, 1.82) is 0 Å². The standard InChI is InChI=1S/C17H14N2O3S/c1-10-16(17(20)21)23-14(18-10)9-8-13-11(2)22-19-15(13)12-6-4-3-5-7-12/h3-9H,1-2H3,(H,20,21)/b9-8+. The third-order valence-corrected chi connectivity index (χ3v) is 4.47. The first-order chi connectivity index (χ1) is 11.1. The molecule has 0 aliphatic rings. The van der Waals surface area contributed by atoms with E-state index < -0.39 is 5.97 Å². The van der Waals surface area contributed by atoms with Crippen LogP contribution < -0.4 is 0 Å². The summed E-state index contributed by atoms with van der Waals surface area (Å²) in [7, 11) is 0. The first-order valence-corrected chi connectivity index (χ1v) is 7.78. The fraction of sp³-hybridized carbons (Fsp3) is 0.118. The zero-order chi connectivity index (χ0) is 16.4. The van der Waals surface area contributed by atoms with E-state index in [1.165, 1.54) is 0 Å². The summed E-state index contributed by atoms with van der Waals surface area (Å²) in [5, 5.41) is 13.8. The summed E-state index contributed by atoms with van der Waals surface area (Å²) in [6.45, 7) is 3.53. The first-order valence-electron chi connectivity index (χ1n) is 6.96. The minimum Gasteiger partial charge on any atom is -0.477 e. The number of thiazole rings is 1. The van der Waals surface area contributed by atoms with Gasteiger partial charge in [0.15, 0.2) is 0 Å². The molecule has 5 nitrogen and oxygen atoms in total. The lowest BCUT2D eigenvalue weighted by molar-refractivity contribution is 0.0701. The van der Waals surface area contributed by atoms with E-state index in [1.807, 2.05) is 43.3 Å². The summed E-state index contributed by atoms with van der Waals surface area (Å²) in [6.07, 6.45) is 3.65. The average Bonchev–Trinajstić information content (AvgIpc) is 3.09. The maximum Gasteiger partial charge on any atom is 0.347 e. The van der Waals surface area contributed by atoms with Gasteiger partial charge in [-0.05, 0) is 26.0 Å². The van der Waals surface area contributed by atoms with Crippen molar-refractivity contribution >= 4 is 29.5 Å². The molecule has 2 heterocycles. The van der Waals surface area contributed by atoms with Crippen molar-refractivity contribution in [1.82, 2.24) is 10.1 Å². The van der Waals surface area contributed by atoms with Gasteiger partial charge in [0, 0.05) is 11.1 Å². The monoisotopic (exact) mass is 326 g/mol. The van der Waals surface area contributed by atoms with Crippen molar-refractivity contribution in [2.24, 2.45) is 0 Å². The van der Waals surface area contributed by atoms with Gasteiger partial charge in [0.05, 0.1) is 5.69 Å². The van der Waals surface area contributed by atoms with Gasteiger partial charge in [-0.1, -0.05) is 35.5 Å². The maximum absolute atomic E-state index is 11.1. The Morgan fingerprint density at radius 1 is 1.22 bits per heavy atom. The summed E-state index contributed by atoms with van der Waals surface area (Å²) in [6, 6.07) is 9.75. The van der Waals surface area contributed by atoms with Crippen LogP contribution in [0.15, 0.2) is 34.9 Å². The first kappa shape index (κ1) is 15.2. The molecule has 3 rings (SSSR count). The number of rotatable bonds is 4. The van der Waals surface area contributed by atoms with Crippen LogP contribution >= 0.6 is 11.3 Å². The number of aromatic carboxylic acids is 1. The molecule has 0 saturated heterocycles. The molecule has 0 aliphatic carbocycles. The topological polar surface area (TPSA) is 76.2 Å². The van der Waals surface area contributed by atoms with Gasteiger partial charge in [0.1, 0.15) is 21.3 Å². The van der Waals surface area contributed by atoms with Crippen molar-refractivity contribution in [2.45, 2.75) is 13.8 Å². The van der Waals surface area contributed by atoms with Crippen LogP contribution in [-0.4, -0.2) is 21.2 Å². The van der Waals surface area contributed by atoms with Crippen molar-refractivity contribution in [3.63, 3.8) is 0 Å². The second kappa shape index (κ2) is 6.18. The molecule has 116 valence electrons. The third-order valence-electron chi connectivity index (χ3n) is 3.36. The van der Waals surface area contributed by atoms with E-state index in [0.717, 1.165) is 28.2 Å². The summed E-state index contributed by atoms with van der Waals surface area (Å²) in [5.41, 5.74) is 3.10. The number of aromatic nitrogens is 2. The van der Waals surface area contributed by atoms with Gasteiger partial charge in [-0.2, -0.15) is 0 Å². The van der Waals surface area contributed by atoms with Gasteiger partial charge >= 0.3 is 5.97 Å². The van der Waals surface area contributed by atoms with Crippen LogP contribution in [0.5, 0.6) is 0 Å². The molecular formula is C17H14N2O3S. The van der Waals surface area contributed by atoms with Crippen LogP contribution in [0.4, 0.5) is 0 Å². The molecule has 6 heteroatoms. The zero-order valence-electron chi connectivity index (χ0n) is 12.6. The largest absolute Gasteiger partial charge is 0.477 e. The SMILES string of the molecule is Cc1nc(/C=C/c2c(-c3ccccc3)noc2C)sc1C(=O)O. The number of hydrogen-bond donors (Lipinski definition) is 1. The summed E-state index contributed by atoms with van der Waals surface area (Å²) >= 11 is 1.15. The Balaban J connectivity index is 1.96. The molecule has 0 radical (unpaired) electrons. The van der Waals surface area contributed by atoms with Gasteiger partial charge in [0.25, 0.3) is 0 Å². The molecule has 0 saturated carbocycles. The van der Waals surface area contributed by atoms with E-state index in [2.05, 4.69) is 10.1 Å². The zero-order valence-corrected chi connectivity index (χ0v) is 13.4. The highest BCUT2D eigenvalue weighted by Gasteiger charge is 2.14. The van der Waals surface area contributed by atoms with Crippen molar-refractivity contribution in [3.05, 3.63) is 57.2 Å². The highest BCUT2D eigenvalue weighted by atomic mass is 32.1. The molecule has 0 unspecified atom stereocenters. The number of carboxylic acid groups (broad SMARTS) is 1. The van der Waals surface area contributed by atoms with Gasteiger partial charge in [-0.25, -0.2) is 9.78 Å². The number of nitrogens with zero attached hydrogens (tertiary/aromatic N) is 2. The minimum atomic E-state index is -0.953. The molecular weight excluding hydrogens is 312 g/mol. The van der Waals surface area contributed by atoms with Gasteiger partial charge in [0.2, 0.25) is 0 Å². The van der Waals surface area contributed by atoms with Crippen LogP contribution in [0.25, 0.3) is 23.4 Å². The van der Waals surface area contributed by atoms with E-state index in [1.54, 1.807) is 13.0 Å². The molecule has 23 heavy (non-hydrogen) atoms. The average molecular weight is 326 g/mol. The lowest BCUT2D eigenvalue weighted by Gasteiger charge is -1.97. The predicted molar refractivity (Wildman–Crippen MR) is 89.4 cm³/mol. The molecule has 0 aliphatic heterocycles. The number of carbonyl (C=O) groups is 1. The molecule has 1 aromatic carbocycles. The summed E-state index contributed by atoms with van der Waals surface area (Å²) < 4.78 is 5.29. The smallest absolute Gasteiger partial charge is 0.347 e. The molecule has 0 amide bonds. The van der Waals surface area contributed by atoms with Crippen LogP contribution in [0.3, 0.4) is 0 Å². The van der Waals surface area contributed by atoms with Crippen LogP contribution in [0.1, 0.15) is 31.7 Å². The third kappa shape index (κ3) is 3.07. The molecule has 3 aromatic rings. The normalized spacial score (nSPS) is 11.2. The van der Waals surface area contributed by atoms with Gasteiger partial charge in [-0.3, -0.25) is 0 Å². The number of aryl methyl sites for hydroxylation is 2. The highest BCUT2D eigenvalue weighted by molar-refractivity contribution is 7.14. The summed E-state index contributed by atoms with van der Waals surface area (Å²) in [5.74, 6) is -0.252. The Kier molecular flexibility index (Phi) is 4.08. The number of benzene rings is 1. The Hall–Kier alpha value is -2.73. The fourth-order valence-corrected chi connectivity index (χ4v) is 3.03. The highest BCUT2D eigenvalue weighted by Crippen LogP contribution is 2.27. The van der Waals surface area contributed by atoms with E-state index >= 15 is 0 Å². The van der Waals surface area contributed by atoms with E-state index in [4.69, 9.17) is 9.63 Å². The Morgan fingerprint density at radius 2 is 1.96 bits per heavy atom. The number of carboxylic acids is 1. The molecule has 0 bridgehead atoms. The predicted octanol–water partition coefficient (Wildman–Crippen LogP) is 4.28. The Bertz CT molecular complexity index is 879. The van der Waals surface area contributed by atoms with E-state index in [0.29, 0.717) is 16.5 Å². The van der Waals surface area contributed by atoms with Crippen LogP contribution in [0.2, 0.25) is 0 Å². The fourth-order valence-electron chi connectivity index (χ4n) is 2.22. The number of hydrogen-bond acceptors (Lipinski definition) is 5. The van der Waals surface area contributed by atoms with Crippen LogP contribution in [0, 0.1) is 13.8 Å². The molecule has 2 aromatic heterocycles. The Morgan fingerprint density at radius 3 is 2.61 bits per heavy atom. The molecule has 0 spiro atoms. The van der Waals surface area contributed by atoms with Crippen LogP contribution in [-0.2, 0) is 0 Å². The molecule has 0 fully saturated rings. The lowest BCUT2D eigenvalue weighted by Crippen LogP contribution is -1.94. The van der Waals surface area contributed by atoms with Gasteiger partial charge < -0.3 is 9.63 Å². The van der Waals surface area contributed by atoms with Crippen molar-refractivity contribution in [3.8, 4) is 11.3 Å². The maximum atomic E-state index is 11.1. The molecule has 0 atom stereocenters. The summed E-state index contributed by atoms with van der Waals surface area (Å²) in [4.78, 5) is 15.6. The Labute approximate surface area is 136 Å². The minimum absolute atomic E-state index is 0.259. The second-order valence-corrected chi connectivity index (χ2v) is 6.00. The van der Waals surface area contributed by atoms with Gasteiger partial charge in [-0.15, -0.1) is 11.3 Å². The molecule has 1 N–H and O–H groups in total. The van der Waals surface area contributed by atoms with E-state index in [-0.39, 0.29) is 4.88 Å². The second-order valence-electron chi connectivity index (χ2n) is 4.97. The van der Waals surface area contributed by atoms with Crippen molar-refractivity contribution in [2.75, 3.05) is 0 Å². The lowest BCUT2D eigenvalue weighted by atomic mass is 10.1. The van der Waals surface area contributed by atoms with E-state index in [9.17, 15) is 4.79 Å². The quantitative estimate of drug-likeness (QED) is 0.774. The van der Waals surface area contributed by atoms with Crippen molar-refractivity contribution < 1.29 is 14.4 Å².